The van der Waals surface area contributed by atoms with E-state index in [9.17, 15) is 23.1 Å². The fraction of sp³-hybridized carbons (Fsp3) is 0.148. The normalized spacial score (nSPS) is 11.9. The van der Waals surface area contributed by atoms with Crippen molar-refractivity contribution in [3.05, 3.63) is 99.3 Å². The first kappa shape index (κ1) is 27.1. The fourth-order valence-corrected chi connectivity index (χ4v) is 5.67. The fourth-order valence-electron chi connectivity index (χ4n) is 4.05. The minimum absolute atomic E-state index is 0.0106. The molecular weight excluding hydrogens is 528 g/mol. The zero-order chi connectivity index (χ0) is 27.4. The maximum Gasteiger partial charge on any atom is 0.271 e. The number of carbonyl (C=O) groups is 1. The number of nitrogens with one attached hydrogen (secondary N) is 1. The lowest BCUT2D eigenvalue weighted by molar-refractivity contribution is 0.0955. The Bertz CT molecular complexity index is 1700. The number of aromatic hydroxyl groups is 1. The summed E-state index contributed by atoms with van der Waals surface area (Å²) in [4.78, 5) is 25.8. The van der Waals surface area contributed by atoms with Gasteiger partial charge in [-0.3, -0.25) is 9.59 Å². The Morgan fingerprint density at radius 3 is 2.34 bits per heavy atom. The summed E-state index contributed by atoms with van der Waals surface area (Å²) in [6.45, 7) is 4.04. The molecule has 0 aliphatic heterocycles. The summed E-state index contributed by atoms with van der Waals surface area (Å²) in [6, 6.07) is 18.7. The monoisotopic (exact) mass is 552 g/mol. The van der Waals surface area contributed by atoms with Crippen molar-refractivity contribution in [2.75, 3.05) is 13.1 Å². The molecule has 0 saturated carbocycles. The summed E-state index contributed by atoms with van der Waals surface area (Å²) < 4.78 is 28.5. The highest BCUT2D eigenvalue weighted by atomic mass is 35.5. The van der Waals surface area contributed by atoms with Gasteiger partial charge in [0.1, 0.15) is 0 Å². The summed E-state index contributed by atoms with van der Waals surface area (Å²) in [5, 5.41) is 16.4. The Hall–Kier alpha value is -3.99. The molecule has 0 saturated heterocycles. The van der Waals surface area contributed by atoms with Gasteiger partial charge in [-0.25, -0.2) is 18.4 Å². The standard InChI is InChI=1S/C27H25ClN4O5S/c1-3-31(4-2)38(36,37)21-9-7-8-20(16-21)32-26(34)23-11-6-5-10-22(23)24(27(32)35)17-29-30-25(33)18-12-14-19(28)15-13-18/h5-17,35H,3-4H2,1-2H3,(H,30,33)/b29-17+. The average molecular weight is 553 g/mol. The van der Waals surface area contributed by atoms with Crippen LogP contribution < -0.4 is 11.0 Å². The summed E-state index contributed by atoms with van der Waals surface area (Å²) in [6.07, 6.45) is 1.23. The minimum Gasteiger partial charge on any atom is -0.494 e. The summed E-state index contributed by atoms with van der Waals surface area (Å²) >= 11 is 5.86. The van der Waals surface area contributed by atoms with Gasteiger partial charge >= 0.3 is 0 Å². The summed E-state index contributed by atoms with van der Waals surface area (Å²) in [7, 11) is -3.81. The molecule has 9 nitrogen and oxygen atoms in total. The molecule has 0 fully saturated rings. The van der Waals surface area contributed by atoms with Gasteiger partial charge in [-0.2, -0.15) is 9.41 Å². The molecular formula is C27H25ClN4O5S. The van der Waals surface area contributed by atoms with Crippen LogP contribution in [0, 0.1) is 0 Å². The number of aromatic nitrogens is 1. The van der Waals surface area contributed by atoms with Crippen LogP contribution in [0.25, 0.3) is 16.5 Å². The zero-order valence-electron chi connectivity index (χ0n) is 20.6. The van der Waals surface area contributed by atoms with Crippen LogP contribution in [0.2, 0.25) is 5.02 Å². The van der Waals surface area contributed by atoms with Gasteiger partial charge in [0.25, 0.3) is 11.5 Å². The molecule has 11 heteroatoms. The third-order valence-electron chi connectivity index (χ3n) is 5.99. The highest BCUT2D eigenvalue weighted by Gasteiger charge is 2.23. The Labute approximate surface area is 224 Å². The maximum absolute atomic E-state index is 13.4. The van der Waals surface area contributed by atoms with Crippen molar-refractivity contribution in [3.8, 4) is 11.6 Å². The summed E-state index contributed by atoms with van der Waals surface area (Å²) in [5.41, 5.74) is 2.50. The van der Waals surface area contributed by atoms with Crippen molar-refractivity contribution in [1.82, 2.24) is 14.3 Å². The van der Waals surface area contributed by atoms with E-state index in [1.165, 1.54) is 34.8 Å². The molecule has 0 spiro atoms. The van der Waals surface area contributed by atoms with E-state index < -0.39 is 27.4 Å². The van der Waals surface area contributed by atoms with Crippen LogP contribution in [0.1, 0.15) is 29.8 Å². The average Bonchev–Trinajstić information content (AvgIpc) is 2.91. The number of hydrogen-bond acceptors (Lipinski definition) is 6. The number of benzene rings is 3. The van der Waals surface area contributed by atoms with E-state index in [0.717, 1.165) is 4.57 Å². The van der Waals surface area contributed by atoms with Crippen LogP contribution in [0.4, 0.5) is 0 Å². The number of hydrazone groups is 1. The molecule has 196 valence electrons. The highest BCUT2D eigenvalue weighted by Crippen LogP contribution is 2.27. The highest BCUT2D eigenvalue weighted by molar-refractivity contribution is 7.89. The molecule has 1 amide bonds. The lowest BCUT2D eigenvalue weighted by Crippen LogP contribution is -2.30. The number of sulfonamides is 1. The topological polar surface area (TPSA) is 121 Å². The Morgan fingerprint density at radius 2 is 1.68 bits per heavy atom. The molecule has 0 aliphatic rings. The molecule has 1 heterocycles. The van der Waals surface area contributed by atoms with Crippen molar-refractivity contribution in [2.24, 2.45) is 5.10 Å². The van der Waals surface area contributed by atoms with Gasteiger partial charge in [0.05, 0.1) is 22.4 Å². The smallest absolute Gasteiger partial charge is 0.271 e. The zero-order valence-corrected chi connectivity index (χ0v) is 22.2. The van der Waals surface area contributed by atoms with Crippen molar-refractivity contribution < 1.29 is 18.3 Å². The number of rotatable bonds is 8. The van der Waals surface area contributed by atoms with Gasteiger partial charge in [-0.15, -0.1) is 0 Å². The van der Waals surface area contributed by atoms with Crippen molar-refractivity contribution in [2.45, 2.75) is 18.7 Å². The van der Waals surface area contributed by atoms with Crippen LogP contribution in [0.3, 0.4) is 0 Å². The number of amides is 1. The molecule has 2 N–H and O–H groups in total. The SMILES string of the molecule is CCN(CC)S(=O)(=O)c1cccc(-n2c(O)c(/C=N/NC(=O)c3ccc(Cl)cc3)c3ccccc3c2=O)c1. The van der Waals surface area contributed by atoms with E-state index >= 15 is 0 Å². The molecule has 0 bridgehead atoms. The predicted octanol–water partition coefficient (Wildman–Crippen LogP) is 4.14. The second-order valence-corrected chi connectivity index (χ2v) is 10.6. The second-order valence-electron chi connectivity index (χ2n) is 8.22. The Morgan fingerprint density at radius 1 is 1.03 bits per heavy atom. The van der Waals surface area contributed by atoms with E-state index in [1.54, 1.807) is 62.4 Å². The molecule has 3 aromatic carbocycles. The van der Waals surface area contributed by atoms with Gasteiger partial charge in [0.2, 0.25) is 15.9 Å². The van der Waals surface area contributed by atoms with Crippen LogP contribution in [-0.4, -0.2) is 47.6 Å². The third kappa shape index (κ3) is 5.19. The summed E-state index contributed by atoms with van der Waals surface area (Å²) in [5.74, 6) is -0.958. The van der Waals surface area contributed by atoms with Crippen LogP contribution in [0.15, 0.2) is 87.6 Å². The van der Waals surface area contributed by atoms with Crippen molar-refractivity contribution in [3.63, 3.8) is 0 Å². The van der Waals surface area contributed by atoms with E-state index in [1.807, 2.05) is 0 Å². The lowest BCUT2D eigenvalue weighted by Gasteiger charge is -2.19. The molecule has 1 aromatic heterocycles. The molecule has 0 aliphatic carbocycles. The first-order chi connectivity index (χ1) is 18.2. The van der Waals surface area contributed by atoms with Gasteiger partial charge in [0.15, 0.2) is 0 Å². The molecule has 38 heavy (non-hydrogen) atoms. The van der Waals surface area contributed by atoms with Crippen molar-refractivity contribution >= 4 is 44.5 Å². The second kappa shape index (κ2) is 11.2. The molecule has 0 radical (unpaired) electrons. The quantitative estimate of drug-likeness (QED) is 0.251. The predicted molar refractivity (Wildman–Crippen MR) is 148 cm³/mol. The Kier molecular flexibility index (Phi) is 7.96. The largest absolute Gasteiger partial charge is 0.494 e. The number of fused-ring (bicyclic) bond motifs is 1. The number of halogens is 1. The first-order valence-electron chi connectivity index (χ1n) is 11.7. The molecule has 4 rings (SSSR count). The van der Waals surface area contributed by atoms with Gasteiger partial charge in [0, 0.05) is 34.4 Å². The number of pyridine rings is 1. The van der Waals surface area contributed by atoms with Gasteiger partial charge < -0.3 is 5.11 Å². The maximum atomic E-state index is 13.4. The van der Waals surface area contributed by atoms with Crippen LogP contribution in [0.5, 0.6) is 5.88 Å². The number of nitrogens with zero attached hydrogens (tertiary/aromatic N) is 3. The lowest BCUT2D eigenvalue weighted by atomic mass is 10.1. The van der Waals surface area contributed by atoms with E-state index in [0.29, 0.717) is 16.0 Å². The molecule has 0 atom stereocenters. The molecule has 0 unspecified atom stereocenters. The minimum atomic E-state index is -3.81. The van der Waals surface area contributed by atoms with E-state index in [2.05, 4.69) is 10.5 Å². The Balaban J connectivity index is 1.81. The number of hydrogen-bond donors (Lipinski definition) is 2. The van der Waals surface area contributed by atoms with Crippen LogP contribution in [-0.2, 0) is 10.0 Å². The van der Waals surface area contributed by atoms with E-state index in [-0.39, 0.29) is 34.6 Å². The van der Waals surface area contributed by atoms with Gasteiger partial charge in [-0.1, -0.05) is 49.7 Å². The number of carbonyl (C=O) groups excluding carboxylic acids is 1. The van der Waals surface area contributed by atoms with Crippen molar-refractivity contribution in [1.29, 1.82) is 0 Å². The first-order valence-corrected chi connectivity index (χ1v) is 13.6. The van der Waals surface area contributed by atoms with Gasteiger partial charge in [-0.05, 0) is 48.5 Å². The van der Waals surface area contributed by atoms with Crippen LogP contribution >= 0.6 is 11.6 Å². The van der Waals surface area contributed by atoms with E-state index in [4.69, 9.17) is 11.6 Å². The molecule has 4 aromatic rings. The third-order valence-corrected chi connectivity index (χ3v) is 8.29.